The molecule has 1 aromatic carbocycles. The number of hydrogen-bond donors (Lipinski definition) is 1. The molecule has 0 bridgehead atoms. The number of ether oxygens (including phenoxy) is 1. The molecule has 2 N–H and O–H groups in total. The Bertz CT molecular complexity index is 372. The van der Waals surface area contributed by atoms with Crippen molar-refractivity contribution in [1.82, 2.24) is 0 Å². The Morgan fingerprint density at radius 3 is 2.93 bits per heavy atom. The Hall–Kier alpha value is -1.77. The van der Waals surface area contributed by atoms with Crippen LogP contribution in [-0.2, 0) is 11.2 Å². The van der Waals surface area contributed by atoms with Crippen molar-refractivity contribution in [2.45, 2.75) is 13.3 Å². The van der Waals surface area contributed by atoms with Gasteiger partial charge in [0.05, 0.1) is 12.2 Å². The molecule has 0 aliphatic heterocycles. The van der Waals surface area contributed by atoms with Crippen molar-refractivity contribution in [3.05, 3.63) is 42.0 Å². The van der Waals surface area contributed by atoms with E-state index in [9.17, 15) is 4.79 Å². The normalized spacial score (nSPS) is 9.67. The standard InChI is InChI=1S/C12H15NO2/c1-3-5-9-8-10(6-7-11(9)13)12(14)15-4-2/h3,6-8H,1,4-5,13H2,2H3. The lowest BCUT2D eigenvalue weighted by Gasteiger charge is -2.06. The van der Waals surface area contributed by atoms with E-state index < -0.39 is 0 Å². The first-order valence-electron chi connectivity index (χ1n) is 4.85. The van der Waals surface area contributed by atoms with Gasteiger partial charge in [-0.2, -0.15) is 0 Å². The first kappa shape index (κ1) is 11.3. The number of hydrogen-bond acceptors (Lipinski definition) is 3. The molecular formula is C12H15NO2. The number of rotatable bonds is 4. The number of carbonyl (C=O) groups is 1. The van der Waals surface area contributed by atoms with Crippen LogP contribution in [0.25, 0.3) is 0 Å². The van der Waals surface area contributed by atoms with Gasteiger partial charge in [-0.15, -0.1) is 6.58 Å². The summed E-state index contributed by atoms with van der Waals surface area (Å²) in [6.45, 7) is 5.79. The van der Waals surface area contributed by atoms with Crippen molar-refractivity contribution in [1.29, 1.82) is 0 Å². The van der Waals surface area contributed by atoms with Crippen LogP contribution in [0.5, 0.6) is 0 Å². The average molecular weight is 205 g/mol. The first-order chi connectivity index (χ1) is 7.19. The molecule has 0 aliphatic rings. The van der Waals surface area contributed by atoms with Crippen LogP contribution in [0.15, 0.2) is 30.9 Å². The molecule has 0 aromatic heterocycles. The van der Waals surface area contributed by atoms with E-state index in [1.54, 1.807) is 31.2 Å². The molecular weight excluding hydrogens is 190 g/mol. The van der Waals surface area contributed by atoms with Crippen molar-refractivity contribution in [3.8, 4) is 0 Å². The maximum atomic E-state index is 11.4. The van der Waals surface area contributed by atoms with Gasteiger partial charge in [0, 0.05) is 5.69 Å². The van der Waals surface area contributed by atoms with Crippen LogP contribution in [0.1, 0.15) is 22.8 Å². The van der Waals surface area contributed by atoms with Crippen LogP contribution >= 0.6 is 0 Å². The zero-order chi connectivity index (χ0) is 11.3. The van der Waals surface area contributed by atoms with E-state index in [0.717, 1.165) is 5.56 Å². The molecule has 0 aliphatic carbocycles. The number of nitrogen functional groups attached to an aromatic ring is 1. The van der Waals surface area contributed by atoms with E-state index in [2.05, 4.69) is 6.58 Å². The number of nitrogens with two attached hydrogens (primary N) is 1. The fraction of sp³-hybridized carbons (Fsp3) is 0.250. The minimum Gasteiger partial charge on any atom is -0.462 e. The van der Waals surface area contributed by atoms with E-state index in [4.69, 9.17) is 10.5 Å². The summed E-state index contributed by atoms with van der Waals surface area (Å²) in [6, 6.07) is 5.13. The molecule has 0 amide bonds. The second-order valence-electron chi connectivity index (χ2n) is 3.13. The van der Waals surface area contributed by atoms with Gasteiger partial charge in [0.1, 0.15) is 0 Å². The SMILES string of the molecule is C=CCc1cc(C(=O)OCC)ccc1N. The second-order valence-corrected chi connectivity index (χ2v) is 3.13. The summed E-state index contributed by atoms with van der Waals surface area (Å²) in [5.74, 6) is -0.317. The van der Waals surface area contributed by atoms with Crippen LogP contribution in [0, 0.1) is 0 Å². The van der Waals surface area contributed by atoms with E-state index in [1.807, 2.05) is 0 Å². The van der Waals surface area contributed by atoms with Crippen LogP contribution in [0.4, 0.5) is 5.69 Å². The molecule has 0 spiro atoms. The van der Waals surface area contributed by atoms with Crippen molar-refractivity contribution in [3.63, 3.8) is 0 Å². The van der Waals surface area contributed by atoms with E-state index in [0.29, 0.717) is 24.3 Å². The summed E-state index contributed by atoms with van der Waals surface area (Å²) in [4.78, 5) is 11.4. The van der Waals surface area contributed by atoms with Gasteiger partial charge < -0.3 is 10.5 Å². The third-order valence-corrected chi connectivity index (χ3v) is 2.02. The van der Waals surface area contributed by atoms with Crippen LogP contribution in [0.3, 0.4) is 0 Å². The lowest BCUT2D eigenvalue weighted by Crippen LogP contribution is -2.06. The van der Waals surface area contributed by atoms with E-state index in [1.165, 1.54) is 0 Å². The molecule has 0 fully saturated rings. The number of anilines is 1. The van der Waals surface area contributed by atoms with Gasteiger partial charge in [0.2, 0.25) is 0 Å². The summed E-state index contributed by atoms with van der Waals surface area (Å²) < 4.78 is 4.90. The quantitative estimate of drug-likeness (QED) is 0.465. The van der Waals surface area contributed by atoms with Crippen molar-refractivity contribution < 1.29 is 9.53 Å². The van der Waals surface area contributed by atoms with Gasteiger partial charge in [-0.1, -0.05) is 6.08 Å². The molecule has 15 heavy (non-hydrogen) atoms. The molecule has 0 radical (unpaired) electrons. The molecule has 80 valence electrons. The molecule has 0 unspecified atom stereocenters. The molecule has 0 saturated heterocycles. The first-order valence-corrected chi connectivity index (χ1v) is 4.85. The zero-order valence-corrected chi connectivity index (χ0v) is 8.82. The fourth-order valence-electron chi connectivity index (χ4n) is 1.28. The molecule has 3 heteroatoms. The highest BCUT2D eigenvalue weighted by Gasteiger charge is 2.08. The Morgan fingerprint density at radius 1 is 1.60 bits per heavy atom. The summed E-state index contributed by atoms with van der Waals surface area (Å²) in [6.07, 6.45) is 2.40. The predicted molar refractivity (Wildman–Crippen MR) is 60.7 cm³/mol. The molecule has 0 saturated carbocycles. The van der Waals surface area contributed by atoms with Crippen molar-refractivity contribution in [2.24, 2.45) is 0 Å². The Balaban J connectivity index is 2.96. The van der Waals surface area contributed by atoms with E-state index >= 15 is 0 Å². The highest BCUT2D eigenvalue weighted by Crippen LogP contribution is 2.15. The van der Waals surface area contributed by atoms with Gasteiger partial charge in [0.15, 0.2) is 0 Å². The van der Waals surface area contributed by atoms with Gasteiger partial charge in [0.25, 0.3) is 0 Å². The van der Waals surface area contributed by atoms with Crippen molar-refractivity contribution in [2.75, 3.05) is 12.3 Å². The topological polar surface area (TPSA) is 52.3 Å². The van der Waals surface area contributed by atoms with Crippen LogP contribution in [0.2, 0.25) is 0 Å². The Kier molecular flexibility index (Phi) is 3.92. The minimum atomic E-state index is -0.317. The smallest absolute Gasteiger partial charge is 0.338 e. The van der Waals surface area contributed by atoms with Gasteiger partial charge in [-0.05, 0) is 37.1 Å². The summed E-state index contributed by atoms with van der Waals surface area (Å²) >= 11 is 0. The zero-order valence-electron chi connectivity index (χ0n) is 8.82. The van der Waals surface area contributed by atoms with Crippen LogP contribution in [-0.4, -0.2) is 12.6 Å². The van der Waals surface area contributed by atoms with Crippen molar-refractivity contribution >= 4 is 11.7 Å². The number of carbonyl (C=O) groups excluding carboxylic acids is 1. The predicted octanol–water partition coefficient (Wildman–Crippen LogP) is 2.17. The van der Waals surface area contributed by atoms with Gasteiger partial charge in [-0.3, -0.25) is 0 Å². The third kappa shape index (κ3) is 2.84. The second kappa shape index (κ2) is 5.20. The summed E-state index contributed by atoms with van der Waals surface area (Å²) in [7, 11) is 0. The number of allylic oxidation sites excluding steroid dienone is 1. The highest BCUT2D eigenvalue weighted by atomic mass is 16.5. The number of esters is 1. The maximum absolute atomic E-state index is 11.4. The van der Waals surface area contributed by atoms with E-state index in [-0.39, 0.29) is 5.97 Å². The molecule has 3 nitrogen and oxygen atoms in total. The van der Waals surface area contributed by atoms with Gasteiger partial charge in [-0.25, -0.2) is 4.79 Å². The lowest BCUT2D eigenvalue weighted by atomic mass is 10.1. The molecule has 1 aromatic rings. The molecule has 0 atom stereocenters. The summed E-state index contributed by atoms with van der Waals surface area (Å²) in [5.41, 5.74) is 7.85. The van der Waals surface area contributed by atoms with Gasteiger partial charge >= 0.3 is 5.97 Å². The summed E-state index contributed by atoms with van der Waals surface area (Å²) in [5, 5.41) is 0. The third-order valence-electron chi connectivity index (χ3n) is 2.02. The highest BCUT2D eigenvalue weighted by molar-refractivity contribution is 5.90. The molecule has 0 heterocycles. The fourth-order valence-corrected chi connectivity index (χ4v) is 1.28. The largest absolute Gasteiger partial charge is 0.462 e. The molecule has 1 rings (SSSR count). The average Bonchev–Trinajstić information content (AvgIpc) is 2.22. The Morgan fingerprint density at radius 2 is 2.33 bits per heavy atom. The number of benzene rings is 1. The lowest BCUT2D eigenvalue weighted by molar-refractivity contribution is 0.0526. The van der Waals surface area contributed by atoms with Crippen LogP contribution < -0.4 is 5.73 Å². The monoisotopic (exact) mass is 205 g/mol. The maximum Gasteiger partial charge on any atom is 0.338 e. The Labute approximate surface area is 89.5 Å². The minimum absolute atomic E-state index is 0.317.